The second-order valence-corrected chi connectivity index (χ2v) is 7.31. The number of rotatable bonds is 3. The summed E-state index contributed by atoms with van der Waals surface area (Å²) in [5.74, 6) is 1.85. The van der Waals surface area contributed by atoms with Gasteiger partial charge >= 0.3 is 0 Å². The van der Waals surface area contributed by atoms with E-state index in [1.54, 1.807) is 15.3 Å². The lowest BCUT2D eigenvalue weighted by Crippen LogP contribution is -2.21. The van der Waals surface area contributed by atoms with Crippen LogP contribution in [0.4, 0.5) is 0 Å². The van der Waals surface area contributed by atoms with Crippen LogP contribution in [0.5, 0.6) is 0 Å². The summed E-state index contributed by atoms with van der Waals surface area (Å²) in [6.07, 6.45) is 9.51. The Kier molecular flexibility index (Phi) is 3.96. The molecule has 1 aromatic carbocycles. The van der Waals surface area contributed by atoms with Crippen LogP contribution in [0.1, 0.15) is 49.4 Å². The third-order valence-electron chi connectivity index (χ3n) is 5.49. The summed E-state index contributed by atoms with van der Waals surface area (Å²) in [4.78, 5) is 22.0. The third kappa shape index (κ3) is 2.91. The van der Waals surface area contributed by atoms with Crippen molar-refractivity contribution in [2.24, 2.45) is 0 Å². The smallest absolute Gasteiger partial charge is 0.261 e. The average Bonchev–Trinajstić information content (AvgIpc) is 3.16. The number of pyridine rings is 1. The summed E-state index contributed by atoms with van der Waals surface area (Å²) in [7, 11) is 0. The minimum absolute atomic E-state index is 0.0551. The first-order valence-electron chi connectivity index (χ1n) is 9.58. The first kappa shape index (κ1) is 16.2. The van der Waals surface area contributed by atoms with Crippen LogP contribution in [0.25, 0.3) is 16.7 Å². The fourth-order valence-electron chi connectivity index (χ4n) is 4.01. The maximum absolute atomic E-state index is 12.9. The van der Waals surface area contributed by atoms with E-state index in [2.05, 4.69) is 9.97 Å². The molecule has 4 aromatic rings. The molecule has 1 aliphatic rings. The maximum Gasteiger partial charge on any atom is 0.261 e. The Hall–Kier alpha value is -3.02. The molecule has 136 valence electrons. The van der Waals surface area contributed by atoms with Crippen molar-refractivity contribution in [2.75, 3.05) is 0 Å². The number of benzene rings is 1. The molecule has 1 fully saturated rings. The Bertz CT molecular complexity index is 1160. The van der Waals surface area contributed by atoms with Crippen LogP contribution in [0, 0.1) is 0 Å². The molecule has 6 nitrogen and oxygen atoms in total. The second-order valence-electron chi connectivity index (χ2n) is 7.31. The minimum Gasteiger partial charge on any atom is -0.310 e. The van der Waals surface area contributed by atoms with Crippen LogP contribution < -0.4 is 5.56 Å². The van der Waals surface area contributed by atoms with Gasteiger partial charge in [-0.15, -0.1) is 5.10 Å². The lowest BCUT2D eigenvalue weighted by molar-refractivity contribution is 0.429. The molecular formula is C21H21N5O. The van der Waals surface area contributed by atoms with Gasteiger partial charge in [0, 0.05) is 18.3 Å². The van der Waals surface area contributed by atoms with Crippen LogP contribution in [0.2, 0.25) is 0 Å². The predicted molar refractivity (Wildman–Crippen MR) is 104 cm³/mol. The van der Waals surface area contributed by atoms with Gasteiger partial charge in [0.15, 0.2) is 5.82 Å². The third-order valence-corrected chi connectivity index (χ3v) is 5.49. The van der Waals surface area contributed by atoms with Crippen molar-refractivity contribution in [3.05, 3.63) is 70.5 Å². The molecule has 0 aliphatic heterocycles. The van der Waals surface area contributed by atoms with E-state index in [0.29, 0.717) is 23.6 Å². The van der Waals surface area contributed by atoms with Crippen LogP contribution >= 0.6 is 0 Å². The van der Waals surface area contributed by atoms with E-state index in [0.717, 1.165) is 29.7 Å². The lowest BCUT2D eigenvalue weighted by atomic mass is 9.89. The van der Waals surface area contributed by atoms with Crippen molar-refractivity contribution in [3.63, 3.8) is 0 Å². The summed E-state index contributed by atoms with van der Waals surface area (Å²) >= 11 is 0. The zero-order valence-electron chi connectivity index (χ0n) is 15.1. The normalized spacial score (nSPS) is 15.6. The van der Waals surface area contributed by atoms with E-state index in [9.17, 15) is 4.79 Å². The maximum atomic E-state index is 12.9. The molecule has 0 spiro atoms. The number of hydrogen-bond donors (Lipinski definition) is 0. The van der Waals surface area contributed by atoms with Gasteiger partial charge in [-0.3, -0.25) is 4.79 Å². The SMILES string of the molecule is O=c1c2cnc3nc(C4CCCCC4)nn3c2ccn1Cc1ccccc1. The van der Waals surface area contributed by atoms with E-state index in [-0.39, 0.29) is 5.56 Å². The zero-order chi connectivity index (χ0) is 18.2. The van der Waals surface area contributed by atoms with E-state index in [1.807, 2.05) is 42.6 Å². The molecule has 27 heavy (non-hydrogen) atoms. The fraction of sp³-hybridized carbons (Fsp3) is 0.333. The summed E-state index contributed by atoms with van der Waals surface area (Å²) < 4.78 is 3.44. The van der Waals surface area contributed by atoms with Crippen molar-refractivity contribution in [2.45, 2.75) is 44.6 Å². The standard InChI is InChI=1S/C21H21N5O/c27-20-17-13-22-21-23-19(16-9-5-2-6-10-16)24-26(21)18(17)11-12-25(20)14-15-7-3-1-4-8-15/h1,3-4,7-8,11-13,16H,2,5-6,9-10,14H2. The first-order chi connectivity index (χ1) is 13.3. The Labute approximate surface area is 156 Å². The molecule has 0 atom stereocenters. The molecule has 5 rings (SSSR count). The highest BCUT2D eigenvalue weighted by molar-refractivity contribution is 5.78. The van der Waals surface area contributed by atoms with Gasteiger partial charge in [-0.05, 0) is 24.5 Å². The highest BCUT2D eigenvalue weighted by Gasteiger charge is 2.21. The number of aromatic nitrogens is 5. The molecular weight excluding hydrogens is 338 g/mol. The largest absolute Gasteiger partial charge is 0.310 e. The number of hydrogen-bond acceptors (Lipinski definition) is 4. The van der Waals surface area contributed by atoms with E-state index in [1.165, 1.54) is 19.3 Å². The minimum atomic E-state index is -0.0551. The molecule has 6 heteroatoms. The van der Waals surface area contributed by atoms with E-state index < -0.39 is 0 Å². The topological polar surface area (TPSA) is 65.1 Å². The van der Waals surface area contributed by atoms with Gasteiger partial charge in [0.05, 0.1) is 17.4 Å². The van der Waals surface area contributed by atoms with Gasteiger partial charge in [-0.1, -0.05) is 49.6 Å². The summed E-state index contributed by atoms with van der Waals surface area (Å²) in [6, 6.07) is 11.9. The van der Waals surface area contributed by atoms with Crippen molar-refractivity contribution in [1.29, 1.82) is 0 Å². The summed E-state index contributed by atoms with van der Waals surface area (Å²) in [5.41, 5.74) is 1.80. The predicted octanol–water partition coefficient (Wildman–Crippen LogP) is 3.54. The second kappa shape index (κ2) is 6.61. The lowest BCUT2D eigenvalue weighted by Gasteiger charge is -2.17. The van der Waals surface area contributed by atoms with E-state index in [4.69, 9.17) is 5.10 Å². The Balaban J connectivity index is 1.58. The average molecular weight is 359 g/mol. The van der Waals surface area contributed by atoms with Crippen molar-refractivity contribution < 1.29 is 0 Å². The van der Waals surface area contributed by atoms with Crippen molar-refractivity contribution in [3.8, 4) is 0 Å². The molecule has 0 saturated heterocycles. The number of fused-ring (bicyclic) bond motifs is 3. The quantitative estimate of drug-likeness (QED) is 0.561. The fourth-order valence-corrected chi connectivity index (χ4v) is 4.01. The highest BCUT2D eigenvalue weighted by Crippen LogP contribution is 2.31. The summed E-state index contributed by atoms with van der Waals surface area (Å²) in [5, 5.41) is 5.28. The van der Waals surface area contributed by atoms with E-state index >= 15 is 0 Å². The molecule has 0 radical (unpaired) electrons. The van der Waals surface area contributed by atoms with Crippen LogP contribution in [0.15, 0.2) is 53.6 Å². The molecule has 0 N–H and O–H groups in total. The highest BCUT2D eigenvalue weighted by atomic mass is 16.1. The first-order valence-corrected chi connectivity index (χ1v) is 9.58. The molecule has 1 saturated carbocycles. The van der Waals surface area contributed by atoms with Crippen LogP contribution in [-0.2, 0) is 6.54 Å². The van der Waals surface area contributed by atoms with Gasteiger partial charge in [-0.25, -0.2) is 4.98 Å². The molecule has 3 heterocycles. The van der Waals surface area contributed by atoms with Crippen LogP contribution in [0.3, 0.4) is 0 Å². The summed E-state index contributed by atoms with van der Waals surface area (Å²) in [6.45, 7) is 0.540. The van der Waals surface area contributed by atoms with Crippen molar-refractivity contribution in [1.82, 2.24) is 24.1 Å². The Morgan fingerprint density at radius 1 is 1.04 bits per heavy atom. The van der Waals surface area contributed by atoms with Gasteiger partial charge in [0.25, 0.3) is 11.3 Å². The van der Waals surface area contributed by atoms with Gasteiger partial charge in [0.1, 0.15) is 0 Å². The number of nitrogens with zero attached hydrogens (tertiary/aromatic N) is 5. The molecule has 3 aromatic heterocycles. The molecule has 1 aliphatic carbocycles. The van der Waals surface area contributed by atoms with Gasteiger partial charge < -0.3 is 4.57 Å². The van der Waals surface area contributed by atoms with Gasteiger partial charge in [0.2, 0.25) is 0 Å². The molecule has 0 bridgehead atoms. The van der Waals surface area contributed by atoms with Crippen molar-refractivity contribution >= 4 is 16.7 Å². The zero-order valence-corrected chi connectivity index (χ0v) is 15.1. The van der Waals surface area contributed by atoms with Gasteiger partial charge in [-0.2, -0.15) is 9.50 Å². The molecule has 0 amide bonds. The molecule has 0 unspecified atom stereocenters. The Morgan fingerprint density at radius 2 is 1.85 bits per heavy atom. The van der Waals surface area contributed by atoms with Crippen LogP contribution in [-0.4, -0.2) is 24.1 Å². The Morgan fingerprint density at radius 3 is 2.67 bits per heavy atom. The monoisotopic (exact) mass is 359 g/mol.